The predicted molar refractivity (Wildman–Crippen MR) is 92.2 cm³/mol. The Morgan fingerprint density at radius 2 is 1.88 bits per heavy atom. The zero-order valence-electron chi connectivity index (χ0n) is 15.4. The number of carbonyl (C=O) groups is 3. The van der Waals surface area contributed by atoms with E-state index in [2.05, 4.69) is 24.5 Å². The fourth-order valence-electron chi connectivity index (χ4n) is 3.77. The molecular formula is C18H31N3O3. The molecule has 0 aromatic carbocycles. The fourth-order valence-corrected chi connectivity index (χ4v) is 3.77. The summed E-state index contributed by atoms with van der Waals surface area (Å²) in [5.41, 5.74) is -0.799. The van der Waals surface area contributed by atoms with Gasteiger partial charge < -0.3 is 10.2 Å². The maximum Gasteiger partial charge on any atom is 0.322 e. The lowest BCUT2D eigenvalue weighted by molar-refractivity contribution is -0.137. The van der Waals surface area contributed by atoms with Gasteiger partial charge in [0.1, 0.15) is 5.54 Å². The Morgan fingerprint density at radius 1 is 1.25 bits per heavy atom. The van der Waals surface area contributed by atoms with Crippen LogP contribution in [-0.4, -0.2) is 41.4 Å². The van der Waals surface area contributed by atoms with Crippen LogP contribution in [0.4, 0.5) is 4.79 Å². The molecular weight excluding hydrogens is 306 g/mol. The van der Waals surface area contributed by atoms with Gasteiger partial charge in [-0.25, -0.2) is 4.79 Å². The molecule has 2 unspecified atom stereocenters. The molecule has 0 aromatic rings. The molecule has 0 bridgehead atoms. The van der Waals surface area contributed by atoms with Gasteiger partial charge in [-0.1, -0.05) is 27.7 Å². The molecule has 2 N–H and O–H groups in total. The third kappa shape index (κ3) is 3.73. The van der Waals surface area contributed by atoms with Gasteiger partial charge >= 0.3 is 6.03 Å². The van der Waals surface area contributed by atoms with E-state index >= 15 is 0 Å². The van der Waals surface area contributed by atoms with E-state index in [0.717, 1.165) is 25.7 Å². The highest BCUT2D eigenvalue weighted by Crippen LogP contribution is 2.35. The first-order valence-corrected chi connectivity index (χ1v) is 9.22. The van der Waals surface area contributed by atoms with E-state index in [9.17, 15) is 14.4 Å². The van der Waals surface area contributed by atoms with Crippen molar-refractivity contribution in [2.75, 3.05) is 13.1 Å². The number of likely N-dealkylation sites (tertiary alicyclic amines) is 1. The molecule has 2 aliphatic heterocycles. The second kappa shape index (κ2) is 7.53. The Bertz CT molecular complexity index is 498. The van der Waals surface area contributed by atoms with Gasteiger partial charge in [-0.15, -0.1) is 0 Å². The molecule has 6 nitrogen and oxygen atoms in total. The van der Waals surface area contributed by atoms with Crippen LogP contribution in [0.25, 0.3) is 0 Å². The second-order valence-electron chi connectivity index (χ2n) is 7.72. The Kier molecular flexibility index (Phi) is 5.88. The molecule has 2 fully saturated rings. The van der Waals surface area contributed by atoms with Crippen LogP contribution in [0.2, 0.25) is 0 Å². The highest BCUT2D eigenvalue weighted by molar-refractivity contribution is 6.07. The Morgan fingerprint density at radius 3 is 2.33 bits per heavy atom. The van der Waals surface area contributed by atoms with E-state index in [1.807, 2.05) is 18.7 Å². The molecule has 4 amide bonds. The topological polar surface area (TPSA) is 78.5 Å². The van der Waals surface area contributed by atoms with Crippen molar-refractivity contribution in [3.8, 4) is 0 Å². The predicted octanol–water partition coefficient (Wildman–Crippen LogP) is 2.29. The average molecular weight is 337 g/mol. The maximum absolute atomic E-state index is 12.5. The maximum atomic E-state index is 12.5. The van der Waals surface area contributed by atoms with Crippen LogP contribution in [0.1, 0.15) is 59.8 Å². The van der Waals surface area contributed by atoms with Crippen molar-refractivity contribution in [3.05, 3.63) is 0 Å². The third-order valence-electron chi connectivity index (χ3n) is 5.62. The highest BCUT2D eigenvalue weighted by Gasteiger charge is 2.52. The van der Waals surface area contributed by atoms with Gasteiger partial charge in [0.15, 0.2) is 0 Å². The smallest absolute Gasteiger partial charge is 0.322 e. The molecule has 0 aromatic heterocycles. The van der Waals surface area contributed by atoms with Crippen LogP contribution in [0.5, 0.6) is 0 Å². The van der Waals surface area contributed by atoms with Crippen molar-refractivity contribution in [2.45, 2.75) is 65.3 Å². The minimum absolute atomic E-state index is 0.0472. The van der Waals surface area contributed by atoms with Gasteiger partial charge in [0.2, 0.25) is 5.91 Å². The van der Waals surface area contributed by atoms with Crippen LogP contribution in [0.15, 0.2) is 0 Å². The minimum atomic E-state index is -0.799. The summed E-state index contributed by atoms with van der Waals surface area (Å²) in [6.45, 7) is 9.56. The van der Waals surface area contributed by atoms with Crippen molar-refractivity contribution >= 4 is 17.8 Å². The number of rotatable bonds is 6. The van der Waals surface area contributed by atoms with Crippen molar-refractivity contribution in [1.82, 2.24) is 15.5 Å². The first-order chi connectivity index (χ1) is 11.3. The quantitative estimate of drug-likeness (QED) is 0.730. The van der Waals surface area contributed by atoms with E-state index in [4.69, 9.17) is 0 Å². The van der Waals surface area contributed by atoms with Crippen LogP contribution >= 0.6 is 0 Å². The zero-order chi connectivity index (χ0) is 17.9. The van der Waals surface area contributed by atoms with E-state index in [-0.39, 0.29) is 29.7 Å². The number of hydrogen-bond donors (Lipinski definition) is 2. The van der Waals surface area contributed by atoms with Crippen LogP contribution in [-0.2, 0) is 9.59 Å². The summed E-state index contributed by atoms with van der Waals surface area (Å²) in [7, 11) is 0. The number of imide groups is 1. The first-order valence-electron chi connectivity index (χ1n) is 9.22. The molecule has 0 saturated carbocycles. The lowest BCUT2D eigenvalue weighted by atomic mass is 9.74. The van der Waals surface area contributed by atoms with E-state index in [0.29, 0.717) is 25.4 Å². The second-order valence-corrected chi connectivity index (χ2v) is 7.72. The number of nitrogens with one attached hydrogen (secondary N) is 2. The van der Waals surface area contributed by atoms with Crippen LogP contribution in [0.3, 0.4) is 0 Å². The van der Waals surface area contributed by atoms with Gasteiger partial charge in [-0.3, -0.25) is 14.9 Å². The standard InChI is InChI=1S/C18H31N3O3/c1-5-13(4)15(22)21-10-7-14(8-11-21)18(9-6-12(2)3)16(23)19-17(24)20-18/h12-14H,5-11H2,1-4H3,(H2,19,20,23,24). The number of amides is 4. The molecule has 6 heteroatoms. The monoisotopic (exact) mass is 337 g/mol. The number of urea groups is 1. The lowest BCUT2D eigenvalue weighted by Crippen LogP contribution is -2.56. The Hall–Kier alpha value is -1.59. The molecule has 24 heavy (non-hydrogen) atoms. The summed E-state index contributed by atoms with van der Waals surface area (Å²) in [6, 6.07) is -0.387. The highest BCUT2D eigenvalue weighted by atomic mass is 16.2. The average Bonchev–Trinajstić information content (AvgIpc) is 2.86. The molecule has 2 atom stereocenters. The number of hydrogen-bond acceptors (Lipinski definition) is 3. The minimum Gasteiger partial charge on any atom is -0.342 e. The van der Waals surface area contributed by atoms with Gasteiger partial charge in [0, 0.05) is 19.0 Å². The fraction of sp³-hybridized carbons (Fsp3) is 0.833. The lowest BCUT2D eigenvalue weighted by Gasteiger charge is -2.41. The number of piperidine rings is 1. The summed E-state index contributed by atoms with van der Waals surface area (Å²) in [4.78, 5) is 38.5. The van der Waals surface area contributed by atoms with Crippen LogP contribution < -0.4 is 10.6 Å². The summed E-state index contributed by atoms with van der Waals surface area (Å²) in [5.74, 6) is 0.612. The summed E-state index contributed by atoms with van der Waals surface area (Å²) in [6.07, 6.45) is 3.91. The third-order valence-corrected chi connectivity index (χ3v) is 5.62. The first kappa shape index (κ1) is 18.7. The summed E-state index contributed by atoms with van der Waals surface area (Å²) < 4.78 is 0. The van der Waals surface area contributed by atoms with Crippen molar-refractivity contribution in [1.29, 1.82) is 0 Å². The number of nitrogens with zero attached hydrogens (tertiary/aromatic N) is 1. The molecule has 0 aliphatic carbocycles. The molecule has 2 rings (SSSR count). The largest absolute Gasteiger partial charge is 0.342 e. The zero-order valence-corrected chi connectivity index (χ0v) is 15.4. The normalized spacial score (nSPS) is 26.5. The molecule has 2 saturated heterocycles. The Balaban J connectivity index is 2.06. The van der Waals surface area contributed by atoms with Gasteiger partial charge in [-0.2, -0.15) is 0 Å². The van der Waals surface area contributed by atoms with Gasteiger partial charge in [0.25, 0.3) is 5.91 Å². The van der Waals surface area contributed by atoms with Gasteiger partial charge in [0.05, 0.1) is 0 Å². The Labute approximate surface area is 144 Å². The van der Waals surface area contributed by atoms with Crippen molar-refractivity contribution < 1.29 is 14.4 Å². The van der Waals surface area contributed by atoms with E-state index < -0.39 is 5.54 Å². The van der Waals surface area contributed by atoms with E-state index in [1.54, 1.807) is 0 Å². The molecule has 0 radical (unpaired) electrons. The van der Waals surface area contributed by atoms with E-state index in [1.165, 1.54) is 0 Å². The number of carbonyl (C=O) groups excluding carboxylic acids is 3. The molecule has 136 valence electrons. The summed E-state index contributed by atoms with van der Waals surface area (Å²) >= 11 is 0. The van der Waals surface area contributed by atoms with Crippen molar-refractivity contribution in [3.63, 3.8) is 0 Å². The van der Waals surface area contributed by atoms with Crippen LogP contribution in [0, 0.1) is 17.8 Å². The summed E-state index contributed by atoms with van der Waals surface area (Å²) in [5, 5.41) is 5.34. The molecule has 0 spiro atoms. The SMILES string of the molecule is CCC(C)C(=O)N1CCC(C2(CCC(C)C)NC(=O)NC2=O)CC1. The van der Waals surface area contributed by atoms with Gasteiger partial charge in [-0.05, 0) is 43.9 Å². The molecule has 2 heterocycles. The van der Waals surface area contributed by atoms with Crippen molar-refractivity contribution in [2.24, 2.45) is 17.8 Å². The molecule has 2 aliphatic rings.